The molecule has 3 N–H and O–H groups in total. The number of hydrogen-bond acceptors (Lipinski definition) is 9. The average Bonchev–Trinajstić information content (AvgIpc) is 3.54. The van der Waals surface area contributed by atoms with E-state index in [1.54, 1.807) is 13.4 Å². The lowest BCUT2D eigenvalue weighted by Gasteiger charge is -2.30. The Hall–Kier alpha value is -4.64. The normalized spacial score (nSPS) is 15.0. The highest BCUT2D eigenvalue weighted by Gasteiger charge is 2.17. The van der Waals surface area contributed by atoms with Gasteiger partial charge < -0.3 is 34.9 Å². The van der Waals surface area contributed by atoms with Gasteiger partial charge in [0.25, 0.3) is 0 Å². The van der Waals surface area contributed by atoms with E-state index in [4.69, 9.17) is 9.47 Å². The molecule has 2 saturated heterocycles. The number of rotatable bonds is 8. The number of nitrogens with zero attached hydrogens (tertiary/aromatic N) is 5. The number of aromatic amines is 1. The van der Waals surface area contributed by atoms with Crippen molar-refractivity contribution < 1.29 is 14.3 Å². The molecule has 2 aliphatic rings. The SMILES string of the molecule is C=CC(=O)N1CCCCC1.COc1cc(Nc2nc(NCc3ccccc3)c3[nH]cnc3n2)ccc1N1CCOCC1. The second-order valence-corrected chi connectivity index (χ2v) is 10.0. The molecule has 0 atom stereocenters. The quantitative estimate of drug-likeness (QED) is 0.258. The van der Waals surface area contributed by atoms with Crippen LogP contribution in [-0.2, 0) is 16.1 Å². The molecule has 11 heteroatoms. The number of H-pyrrole nitrogens is 1. The second-order valence-electron chi connectivity index (χ2n) is 10.0. The van der Waals surface area contributed by atoms with Gasteiger partial charge in [-0.1, -0.05) is 36.9 Å². The Morgan fingerprint density at radius 1 is 1.07 bits per heavy atom. The van der Waals surface area contributed by atoms with Gasteiger partial charge in [0.1, 0.15) is 11.3 Å². The van der Waals surface area contributed by atoms with Crippen LogP contribution < -0.4 is 20.3 Å². The minimum absolute atomic E-state index is 0.0831. The number of piperidine rings is 1. The molecule has 0 unspecified atom stereocenters. The number of carbonyl (C=O) groups excluding carboxylic acids is 1. The van der Waals surface area contributed by atoms with Gasteiger partial charge in [0.05, 0.1) is 32.3 Å². The van der Waals surface area contributed by atoms with Gasteiger partial charge in [-0.3, -0.25) is 4.79 Å². The Bertz CT molecular complexity index is 1460. The molecule has 11 nitrogen and oxygen atoms in total. The minimum atomic E-state index is 0.0831. The lowest BCUT2D eigenvalue weighted by molar-refractivity contribution is -0.126. The van der Waals surface area contributed by atoms with E-state index in [2.05, 4.69) is 54.2 Å². The summed E-state index contributed by atoms with van der Waals surface area (Å²) in [6.07, 6.45) is 6.59. The maximum absolute atomic E-state index is 11.0. The van der Waals surface area contributed by atoms with E-state index in [0.717, 1.165) is 80.4 Å². The first-order valence-corrected chi connectivity index (χ1v) is 14.3. The number of methoxy groups -OCH3 is 1. The Morgan fingerprint density at radius 3 is 2.60 bits per heavy atom. The highest BCUT2D eigenvalue weighted by Crippen LogP contribution is 2.33. The zero-order chi connectivity index (χ0) is 29.1. The van der Waals surface area contributed by atoms with Crippen molar-refractivity contribution in [2.75, 3.05) is 62.0 Å². The van der Waals surface area contributed by atoms with Crippen LogP contribution in [0.2, 0.25) is 0 Å². The number of fused-ring (bicyclic) bond motifs is 1. The molecule has 0 radical (unpaired) electrons. The zero-order valence-corrected chi connectivity index (χ0v) is 24.0. The van der Waals surface area contributed by atoms with Gasteiger partial charge in [-0.25, -0.2) is 4.98 Å². The highest BCUT2D eigenvalue weighted by atomic mass is 16.5. The van der Waals surface area contributed by atoms with Crippen molar-refractivity contribution in [1.29, 1.82) is 0 Å². The van der Waals surface area contributed by atoms with Crippen LogP contribution >= 0.6 is 0 Å². The summed E-state index contributed by atoms with van der Waals surface area (Å²) in [6.45, 7) is 9.07. The van der Waals surface area contributed by atoms with E-state index in [0.29, 0.717) is 24.0 Å². The molecule has 1 amide bonds. The first-order chi connectivity index (χ1) is 20.6. The van der Waals surface area contributed by atoms with Crippen LogP contribution in [0.15, 0.2) is 67.5 Å². The summed E-state index contributed by atoms with van der Waals surface area (Å²) < 4.78 is 11.1. The maximum atomic E-state index is 11.0. The number of hydrogen-bond donors (Lipinski definition) is 3. The number of ether oxygens (including phenoxy) is 2. The van der Waals surface area contributed by atoms with E-state index in [1.807, 2.05) is 41.3 Å². The first kappa shape index (κ1) is 28.9. The number of anilines is 4. The van der Waals surface area contributed by atoms with Crippen LogP contribution in [0.25, 0.3) is 11.2 Å². The third kappa shape index (κ3) is 7.35. The largest absolute Gasteiger partial charge is 0.495 e. The van der Waals surface area contributed by atoms with E-state index < -0.39 is 0 Å². The van der Waals surface area contributed by atoms with Crippen LogP contribution in [0.3, 0.4) is 0 Å². The smallest absolute Gasteiger partial charge is 0.245 e. The van der Waals surface area contributed by atoms with Crippen molar-refractivity contribution in [3.63, 3.8) is 0 Å². The Morgan fingerprint density at radius 2 is 1.86 bits per heavy atom. The molecule has 2 aromatic carbocycles. The molecule has 0 bridgehead atoms. The molecular weight excluding hydrogens is 532 g/mol. The van der Waals surface area contributed by atoms with Crippen LogP contribution in [0.5, 0.6) is 5.75 Å². The van der Waals surface area contributed by atoms with Gasteiger partial charge in [0, 0.05) is 44.5 Å². The fourth-order valence-corrected chi connectivity index (χ4v) is 4.99. The van der Waals surface area contributed by atoms with Crippen molar-refractivity contribution in [3.05, 3.63) is 73.1 Å². The molecule has 0 saturated carbocycles. The molecule has 0 aliphatic carbocycles. The van der Waals surface area contributed by atoms with Crippen LogP contribution in [0, 0.1) is 0 Å². The number of nitrogens with one attached hydrogen (secondary N) is 3. The Balaban J connectivity index is 0.000000300. The summed E-state index contributed by atoms with van der Waals surface area (Å²) in [5.41, 5.74) is 4.41. The Kier molecular flexibility index (Phi) is 9.84. The van der Waals surface area contributed by atoms with Crippen molar-refractivity contribution >= 4 is 40.2 Å². The van der Waals surface area contributed by atoms with Gasteiger partial charge in [0.15, 0.2) is 11.5 Å². The van der Waals surface area contributed by atoms with Crippen LogP contribution in [0.4, 0.5) is 23.1 Å². The van der Waals surface area contributed by atoms with Gasteiger partial charge in [0.2, 0.25) is 11.9 Å². The maximum Gasteiger partial charge on any atom is 0.245 e. The predicted molar refractivity (Wildman–Crippen MR) is 165 cm³/mol. The molecule has 2 aromatic heterocycles. The monoisotopic (exact) mass is 570 g/mol. The fourth-order valence-electron chi connectivity index (χ4n) is 4.99. The summed E-state index contributed by atoms with van der Waals surface area (Å²) in [5.74, 6) is 2.02. The number of aromatic nitrogens is 4. The number of carbonyl (C=O) groups is 1. The lowest BCUT2D eigenvalue weighted by Crippen LogP contribution is -2.36. The van der Waals surface area contributed by atoms with E-state index in [1.165, 1.54) is 12.5 Å². The van der Waals surface area contributed by atoms with Crippen molar-refractivity contribution in [1.82, 2.24) is 24.8 Å². The van der Waals surface area contributed by atoms with Crippen molar-refractivity contribution in [3.8, 4) is 5.75 Å². The molecule has 2 fully saturated rings. The van der Waals surface area contributed by atoms with Gasteiger partial charge >= 0.3 is 0 Å². The molecule has 42 heavy (non-hydrogen) atoms. The molecule has 0 spiro atoms. The minimum Gasteiger partial charge on any atom is -0.495 e. The molecule has 6 rings (SSSR count). The first-order valence-electron chi connectivity index (χ1n) is 14.3. The Labute approximate surface area is 246 Å². The van der Waals surface area contributed by atoms with Crippen LogP contribution in [-0.4, -0.2) is 77.2 Å². The topological polar surface area (TPSA) is 121 Å². The molecule has 2 aliphatic heterocycles. The summed E-state index contributed by atoms with van der Waals surface area (Å²) in [4.78, 5) is 31.8. The van der Waals surface area contributed by atoms with Gasteiger partial charge in [-0.05, 0) is 43.0 Å². The number of amides is 1. The number of imidazole rings is 1. The van der Waals surface area contributed by atoms with Crippen LogP contribution in [0.1, 0.15) is 24.8 Å². The van der Waals surface area contributed by atoms with Crippen molar-refractivity contribution in [2.45, 2.75) is 25.8 Å². The lowest BCUT2D eigenvalue weighted by atomic mass is 10.1. The average molecular weight is 571 g/mol. The summed E-state index contributed by atoms with van der Waals surface area (Å²) >= 11 is 0. The molecule has 4 aromatic rings. The van der Waals surface area contributed by atoms with E-state index in [9.17, 15) is 4.79 Å². The summed E-state index contributed by atoms with van der Waals surface area (Å²) in [5, 5.41) is 6.68. The van der Waals surface area contributed by atoms with E-state index in [-0.39, 0.29) is 5.91 Å². The fraction of sp³-hybridized carbons (Fsp3) is 0.355. The number of benzene rings is 2. The molecule has 4 heterocycles. The van der Waals surface area contributed by atoms with Gasteiger partial charge in [-0.2, -0.15) is 9.97 Å². The van der Waals surface area contributed by atoms with Crippen molar-refractivity contribution in [2.24, 2.45) is 0 Å². The highest BCUT2D eigenvalue weighted by molar-refractivity contribution is 5.87. The summed E-state index contributed by atoms with van der Waals surface area (Å²) in [6, 6.07) is 16.2. The zero-order valence-electron chi connectivity index (χ0n) is 24.0. The standard InChI is InChI=1S/C23H25N7O2.C8H13NO/c1-31-19-13-17(7-8-18(19)30-9-11-32-12-10-30)27-23-28-21(20-22(29-23)26-15-25-20)24-14-16-5-3-2-4-6-16;1-2-8(10)9-6-4-3-5-7-9/h2-8,13,15H,9-12,14H2,1H3,(H3,24,25,26,27,28,29);2H,1,3-7H2. The number of likely N-dealkylation sites (tertiary alicyclic amines) is 1. The molecular formula is C31H38N8O3. The predicted octanol–water partition coefficient (Wildman–Crippen LogP) is 4.74. The third-order valence-electron chi connectivity index (χ3n) is 7.22. The molecule has 220 valence electrons. The number of morpholine rings is 1. The summed E-state index contributed by atoms with van der Waals surface area (Å²) in [7, 11) is 1.68. The second kappa shape index (κ2) is 14.3. The van der Waals surface area contributed by atoms with E-state index >= 15 is 0 Å². The van der Waals surface area contributed by atoms with Gasteiger partial charge in [-0.15, -0.1) is 0 Å². The third-order valence-corrected chi connectivity index (χ3v) is 7.22.